The second kappa shape index (κ2) is 11.2. The number of rotatable bonds is 9. The zero-order chi connectivity index (χ0) is 24.7. The molecule has 0 bridgehead atoms. The van der Waals surface area contributed by atoms with Gasteiger partial charge >= 0.3 is 0 Å². The number of para-hydroxylation sites is 1. The van der Waals surface area contributed by atoms with E-state index in [-0.39, 0.29) is 29.3 Å². The maximum Gasteiger partial charge on any atom is 0.253 e. The van der Waals surface area contributed by atoms with Gasteiger partial charge in [-0.15, -0.1) is 0 Å². The smallest absolute Gasteiger partial charge is 0.253 e. The number of carbonyl (C=O) groups excluding carboxylic acids is 2. The van der Waals surface area contributed by atoms with Crippen LogP contribution in [0.4, 0.5) is 11.4 Å². The molecule has 0 saturated heterocycles. The second-order valence-electron chi connectivity index (χ2n) is 7.67. The summed E-state index contributed by atoms with van der Waals surface area (Å²) in [7, 11) is -3.81. The molecule has 0 aliphatic carbocycles. The molecular weight excluding hydrogens is 474 g/mol. The summed E-state index contributed by atoms with van der Waals surface area (Å²) in [6.07, 6.45) is 1.24. The van der Waals surface area contributed by atoms with Crippen LogP contribution in [0.2, 0.25) is 5.02 Å². The van der Waals surface area contributed by atoms with Crippen LogP contribution in [0.5, 0.6) is 0 Å². The Morgan fingerprint density at radius 1 is 0.971 bits per heavy atom. The van der Waals surface area contributed by atoms with Crippen LogP contribution in [-0.4, -0.2) is 32.5 Å². The van der Waals surface area contributed by atoms with Gasteiger partial charge in [-0.2, -0.15) is 0 Å². The Labute approximate surface area is 204 Å². The molecule has 34 heavy (non-hydrogen) atoms. The molecule has 3 aromatic carbocycles. The summed E-state index contributed by atoms with van der Waals surface area (Å²) in [5, 5.41) is 5.93. The Hall–Kier alpha value is -3.36. The van der Waals surface area contributed by atoms with Crippen molar-refractivity contribution in [2.24, 2.45) is 0 Å². The molecule has 178 valence electrons. The van der Waals surface area contributed by atoms with Crippen LogP contribution in [0.15, 0.2) is 78.9 Å². The lowest BCUT2D eigenvalue weighted by molar-refractivity contribution is -0.117. The van der Waals surface area contributed by atoms with E-state index in [2.05, 4.69) is 10.6 Å². The van der Waals surface area contributed by atoms with Gasteiger partial charge in [0.15, 0.2) is 0 Å². The standard InChI is InChI=1S/C25H26ClN3O4S/c1-3-23(29(34(2,32)33)20-13-9-12-19(26)16-20)25(31)28-22-15-8-7-14-21(22)24(30)27-17-18-10-5-4-6-11-18/h4-16,23H,3,17H2,1-2H3,(H,27,30)(H,28,31). The molecule has 0 heterocycles. The Kier molecular flexibility index (Phi) is 8.31. The summed E-state index contributed by atoms with van der Waals surface area (Å²) in [4.78, 5) is 26.1. The van der Waals surface area contributed by atoms with Crippen molar-refractivity contribution >= 4 is 44.8 Å². The highest BCUT2D eigenvalue weighted by atomic mass is 35.5. The van der Waals surface area contributed by atoms with Gasteiger partial charge in [0.25, 0.3) is 5.91 Å². The number of benzene rings is 3. The predicted molar refractivity (Wildman–Crippen MR) is 136 cm³/mol. The minimum absolute atomic E-state index is 0.202. The number of nitrogens with zero attached hydrogens (tertiary/aromatic N) is 1. The number of nitrogens with one attached hydrogen (secondary N) is 2. The molecule has 0 spiro atoms. The first kappa shape index (κ1) is 25.3. The van der Waals surface area contributed by atoms with Gasteiger partial charge in [0.1, 0.15) is 6.04 Å². The number of hydrogen-bond donors (Lipinski definition) is 2. The highest BCUT2D eigenvalue weighted by Gasteiger charge is 2.32. The van der Waals surface area contributed by atoms with Crippen LogP contribution >= 0.6 is 11.6 Å². The van der Waals surface area contributed by atoms with Gasteiger partial charge in [0, 0.05) is 11.6 Å². The average Bonchev–Trinajstić information content (AvgIpc) is 2.81. The van der Waals surface area contributed by atoms with Crippen molar-refractivity contribution in [3.63, 3.8) is 0 Å². The van der Waals surface area contributed by atoms with Gasteiger partial charge < -0.3 is 10.6 Å². The molecule has 0 radical (unpaired) electrons. The van der Waals surface area contributed by atoms with Crippen LogP contribution in [-0.2, 0) is 21.4 Å². The Morgan fingerprint density at radius 3 is 2.29 bits per heavy atom. The molecule has 0 aromatic heterocycles. The number of anilines is 2. The number of hydrogen-bond acceptors (Lipinski definition) is 4. The third kappa shape index (κ3) is 6.36. The van der Waals surface area contributed by atoms with Crippen LogP contribution in [0, 0.1) is 0 Å². The van der Waals surface area contributed by atoms with Crippen LogP contribution in [0.25, 0.3) is 0 Å². The van der Waals surface area contributed by atoms with Crippen molar-refractivity contribution in [1.29, 1.82) is 0 Å². The second-order valence-corrected chi connectivity index (χ2v) is 9.96. The van der Waals surface area contributed by atoms with Crippen molar-refractivity contribution < 1.29 is 18.0 Å². The molecule has 1 atom stereocenters. The maximum absolute atomic E-state index is 13.3. The van der Waals surface area contributed by atoms with E-state index in [0.29, 0.717) is 11.6 Å². The van der Waals surface area contributed by atoms with Crippen molar-refractivity contribution in [3.8, 4) is 0 Å². The van der Waals surface area contributed by atoms with E-state index < -0.39 is 22.0 Å². The summed E-state index contributed by atoms with van der Waals surface area (Å²) in [5.74, 6) is -0.918. The molecule has 0 aliphatic rings. The Bertz CT molecular complexity index is 1270. The summed E-state index contributed by atoms with van der Waals surface area (Å²) in [5.41, 5.74) is 1.78. The Balaban J connectivity index is 1.84. The van der Waals surface area contributed by atoms with Crippen molar-refractivity contribution in [2.45, 2.75) is 25.9 Å². The lowest BCUT2D eigenvalue weighted by atomic mass is 10.1. The number of carbonyl (C=O) groups is 2. The van der Waals surface area contributed by atoms with Gasteiger partial charge in [-0.25, -0.2) is 8.42 Å². The third-order valence-electron chi connectivity index (χ3n) is 5.12. The van der Waals surface area contributed by atoms with E-state index in [1.807, 2.05) is 30.3 Å². The van der Waals surface area contributed by atoms with Gasteiger partial charge in [-0.1, -0.05) is 67.1 Å². The van der Waals surface area contributed by atoms with Gasteiger partial charge in [0.05, 0.1) is 23.2 Å². The zero-order valence-corrected chi connectivity index (χ0v) is 20.4. The van der Waals surface area contributed by atoms with Crippen LogP contribution < -0.4 is 14.9 Å². The fraction of sp³-hybridized carbons (Fsp3) is 0.200. The quantitative estimate of drug-likeness (QED) is 0.454. The summed E-state index contributed by atoms with van der Waals surface area (Å²) in [6.45, 7) is 2.04. The van der Waals surface area contributed by atoms with E-state index >= 15 is 0 Å². The molecular formula is C25H26ClN3O4S. The first-order chi connectivity index (χ1) is 16.2. The normalized spacial score (nSPS) is 12.0. The summed E-state index contributed by atoms with van der Waals surface area (Å²) < 4.78 is 26.3. The van der Waals surface area contributed by atoms with Crippen LogP contribution in [0.1, 0.15) is 29.3 Å². The summed E-state index contributed by atoms with van der Waals surface area (Å²) >= 11 is 6.06. The van der Waals surface area contributed by atoms with Crippen LogP contribution in [0.3, 0.4) is 0 Å². The van der Waals surface area contributed by atoms with E-state index in [9.17, 15) is 18.0 Å². The first-order valence-corrected chi connectivity index (χ1v) is 12.9. The number of sulfonamides is 1. The number of halogens is 1. The van der Waals surface area contributed by atoms with E-state index in [1.54, 1.807) is 49.4 Å². The molecule has 1 unspecified atom stereocenters. The largest absolute Gasteiger partial charge is 0.348 e. The monoisotopic (exact) mass is 499 g/mol. The van der Waals surface area contributed by atoms with Crippen molar-refractivity contribution in [2.75, 3.05) is 15.9 Å². The van der Waals surface area contributed by atoms with Crippen molar-refractivity contribution in [3.05, 3.63) is 95.0 Å². The fourth-order valence-electron chi connectivity index (χ4n) is 3.55. The highest BCUT2D eigenvalue weighted by molar-refractivity contribution is 7.92. The molecule has 9 heteroatoms. The molecule has 0 saturated carbocycles. The van der Waals surface area contributed by atoms with E-state index in [1.165, 1.54) is 6.07 Å². The van der Waals surface area contributed by atoms with Crippen molar-refractivity contribution in [1.82, 2.24) is 5.32 Å². The van der Waals surface area contributed by atoms with E-state index in [0.717, 1.165) is 16.1 Å². The lowest BCUT2D eigenvalue weighted by Gasteiger charge is -2.30. The number of amides is 2. The molecule has 3 aromatic rings. The zero-order valence-electron chi connectivity index (χ0n) is 18.9. The minimum atomic E-state index is -3.81. The Morgan fingerprint density at radius 2 is 1.65 bits per heavy atom. The average molecular weight is 500 g/mol. The molecule has 3 rings (SSSR count). The molecule has 0 aliphatic heterocycles. The third-order valence-corrected chi connectivity index (χ3v) is 6.53. The lowest BCUT2D eigenvalue weighted by Crippen LogP contribution is -2.47. The minimum Gasteiger partial charge on any atom is -0.348 e. The van der Waals surface area contributed by atoms with Gasteiger partial charge in [0.2, 0.25) is 15.9 Å². The molecule has 0 fully saturated rings. The molecule has 2 amide bonds. The van der Waals surface area contributed by atoms with Gasteiger partial charge in [-0.05, 0) is 42.3 Å². The van der Waals surface area contributed by atoms with E-state index in [4.69, 9.17) is 11.6 Å². The topological polar surface area (TPSA) is 95.6 Å². The molecule has 2 N–H and O–H groups in total. The fourth-order valence-corrected chi connectivity index (χ4v) is 4.94. The first-order valence-electron chi connectivity index (χ1n) is 10.7. The SMILES string of the molecule is CCC(C(=O)Nc1ccccc1C(=O)NCc1ccccc1)N(c1cccc(Cl)c1)S(C)(=O)=O. The predicted octanol–water partition coefficient (Wildman–Crippen LogP) is 4.45. The highest BCUT2D eigenvalue weighted by Crippen LogP contribution is 2.26. The molecule has 7 nitrogen and oxygen atoms in total. The summed E-state index contributed by atoms with van der Waals surface area (Å²) in [6, 6.07) is 21.3. The maximum atomic E-state index is 13.3. The van der Waals surface area contributed by atoms with Gasteiger partial charge in [-0.3, -0.25) is 13.9 Å².